The molecule has 2 N–H and O–H groups in total. The minimum atomic E-state index is -0.916. The van der Waals surface area contributed by atoms with Gasteiger partial charge in [0.25, 0.3) is 0 Å². The van der Waals surface area contributed by atoms with Crippen LogP contribution in [0.5, 0.6) is 0 Å². The smallest absolute Gasteiger partial charge is 0.306 e. The predicted octanol–water partition coefficient (Wildman–Crippen LogP) is 5.04. The van der Waals surface area contributed by atoms with Crippen molar-refractivity contribution in [1.29, 1.82) is 0 Å². The molecule has 122 valence electrons. The van der Waals surface area contributed by atoms with E-state index in [1.54, 1.807) is 6.92 Å². The summed E-state index contributed by atoms with van der Waals surface area (Å²) in [6.07, 6.45) is 1.66. The third-order valence-electron chi connectivity index (χ3n) is 3.30. The number of anilines is 1. The number of halogens is 3. The number of carboxylic acids is 1. The van der Waals surface area contributed by atoms with Crippen LogP contribution in [-0.4, -0.2) is 17.0 Å². The zero-order valence-corrected chi connectivity index (χ0v) is 14.6. The van der Waals surface area contributed by atoms with Gasteiger partial charge < -0.3 is 10.4 Å². The summed E-state index contributed by atoms with van der Waals surface area (Å²) in [5, 5.41) is 12.6. The molecule has 1 atom stereocenters. The fourth-order valence-electron chi connectivity index (χ4n) is 2.01. The van der Waals surface area contributed by atoms with Gasteiger partial charge in [-0.05, 0) is 30.9 Å². The Kier molecular flexibility index (Phi) is 7.46. The zero-order chi connectivity index (χ0) is 16.9. The topological polar surface area (TPSA) is 66.4 Å². The number of hydrogen-bond acceptors (Lipinski definition) is 2. The Labute approximate surface area is 144 Å². The van der Waals surface area contributed by atoms with Crippen molar-refractivity contribution >= 4 is 52.4 Å². The van der Waals surface area contributed by atoms with E-state index in [1.807, 2.05) is 6.92 Å². The van der Waals surface area contributed by atoms with Gasteiger partial charge >= 0.3 is 5.97 Å². The van der Waals surface area contributed by atoms with Crippen molar-refractivity contribution in [2.75, 3.05) is 5.32 Å². The fourth-order valence-corrected chi connectivity index (χ4v) is 3.03. The summed E-state index contributed by atoms with van der Waals surface area (Å²) >= 11 is 18.5. The predicted molar refractivity (Wildman–Crippen MR) is 90.1 cm³/mol. The molecule has 1 amide bonds. The van der Waals surface area contributed by atoms with Gasteiger partial charge in [0.15, 0.2) is 0 Å². The molecule has 0 aliphatic heterocycles. The molecule has 0 aliphatic rings. The van der Waals surface area contributed by atoms with E-state index in [0.717, 1.165) is 0 Å². The standard InChI is InChI=1S/C15H18Cl3NO3/c1-3-5-12(20)19-14-11(17)7-10(16)9(13(14)18)6-8(4-2)15(21)22/h7-8H,3-6H2,1-2H3,(H,19,20)(H,21,22). The molecule has 1 aromatic rings. The van der Waals surface area contributed by atoms with Gasteiger partial charge in [-0.15, -0.1) is 0 Å². The Morgan fingerprint density at radius 2 is 1.86 bits per heavy atom. The van der Waals surface area contributed by atoms with Crippen LogP contribution in [0, 0.1) is 5.92 Å². The first-order chi connectivity index (χ1) is 10.3. The number of benzene rings is 1. The van der Waals surface area contributed by atoms with Crippen molar-refractivity contribution in [3.8, 4) is 0 Å². The molecule has 0 saturated carbocycles. The molecular formula is C15H18Cl3NO3. The van der Waals surface area contributed by atoms with Gasteiger partial charge in [0.2, 0.25) is 5.91 Å². The molecule has 0 aliphatic carbocycles. The molecule has 0 bridgehead atoms. The van der Waals surface area contributed by atoms with Crippen molar-refractivity contribution in [3.63, 3.8) is 0 Å². The van der Waals surface area contributed by atoms with E-state index in [1.165, 1.54) is 6.07 Å². The monoisotopic (exact) mass is 365 g/mol. The summed E-state index contributed by atoms with van der Waals surface area (Å²) in [7, 11) is 0. The van der Waals surface area contributed by atoms with E-state index < -0.39 is 11.9 Å². The van der Waals surface area contributed by atoms with Crippen LogP contribution in [-0.2, 0) is 16.0 Å². The van der Waals surface area contributed by atoms with Crippen molar-refractivity contribution in [3.05, 3.63) is 26.7 Å². The molecule has 0 heterocycles. The van der Waals surface area contributed by atoms with Crippen LogP contribution in [0.2, 0.25) is 15.1 Å². The average Bonchev–Trinajstić information content (AvgIpc) is 2.43. The molecule has 0 aromatic heterocycles. The highest BCUT2D eigenvalue weighted by Gasteiger charge is 2.22. The van der Waals surface area contributed by atoms with E-state index in [0.29, 0.717) is 29.8 Å². The lowest BCUT2D eigenvalue weighted by Crippen LogP contribution is -2.17. The normalized spacial score (nSPS) is 12.0. The second-order valence-electron chi connectivity index (χ2n) is 4.95. The Morgan fingerprint density at radius 1 is 1.23 bits per heavy atom. The van der Waals surface area contributed by atoms with E-state index in [9.17, 15) is 14.7 Å². The quantitative estimate of drug-likeness (QED) is 0.710. The van der Waals surface area contributed by atoms with Gasteiger partial charge in [0.05, 0.1) is 21.7 Å². The summed E-state index contributed by atoms with van der Waals surface area (Å²) in [5.74, 6) is -1.72. The molecule has 7 heteroatoms. The van der Waals surface area contributed by atoms with Gasteiger partial charge in [-0.25, -0.2) is 0 Å². The highest BCUT2D eigenvalue weighted by atomic mass is 35.5. The van der Waals surface area contributed by atoms with E-state index in [-0.39, 0.29) is 28.1 Å². The van der Waals surface area contributed by atoms with Crippen LogP contribution in [0.4, 0.5) is 5.69 Å². The third-order valence-corrected chi connectivity index (χ3v) is 4.35. The summed E-state index contributed by atoms with van der Waals surface area (Å²) in [5.41, 5.74) is 0.759. The maximum absolute atomic E-state index is 11.7. The second kappa shape index (κ2) is 8.61. The van der Waals surface area contributed by atoms with Crippen LogP contribution in [0.1, 0.15) is 38.7 Å². The minimum absolute atomic E-state index is 0.178. The number of rotatable bonds is 7. The molecule has 0 saturated heterocycles. The lowest BCUT2D eigenvalue weighted by Gasteiger charge is -2.17. The first-order valence-electron chi connectivity index (χ1n) is 7.00. The van der Waals surface area contributed by atoms with Gasteiger partial charge in [-0.3, -0.25) is 9.59 Å². The van der Waals surface area contributed by atoms with Crippen LogP contribution in [0.3, 0.4) is 0 Å². The Balaban J connectivity index is 3.18. The highest BCUT2D eigenvalue weighted by molar-refractivity contribution is 6.43. The summed E-state index contributed by atoms with van der Waals surface area (Å²) < 4.78 is 0. The van der Waals surface area contributed by atoms with E-state index in [4.69, 9.17) is 34.8 Å². The first kappa shape index (κ1) is 19.1. The van der Waals surface area contributed by atoms with E-state index in [2.05, 4.69) is 5.32 Å². The number of hydrogen-bond donors (Lipinski definition) is 2. The zero-order valence-electron chi connectivity index (χ0n) is 12.4. The Bertz CT molecular complexity index is 576. The van der Waals surface area contributed by atoms with Gasteiger partial charge in [-0.2, -0.15) is 0 Å². The Morgan fingerprint density at radius 3 is 2.36 bits per heavy atom. The molecule has 4 nitrogen and oxygen atoms in total. The van der Waals surface area contributed by atoms with Gasteiger partial charge in [-0.1, -0.05) is 48.7 Å². The largest absolute Gasteiger partial charge is 0.481 e. The molecule has 1 unspecified atom stereocenters. The van der Waals surface area contributed by atoms with Crippen molar-refractivity contribution in [2.24, 2.45) is 5.92 Å². The van der Waals surface area contributed by atoms with Crippen LogP contribution in [0.15, 0.2) is 6.07 Å². The first-order valence-corrected chi connectivity index (χ1v) is 8.14. The summed E-state index contributed by atoms with van der Waals surface area (Å²) in [6.45, 7) is 3.66. The number of aliphatic carboxylic acids is 1. The molecule has 0 spiro atoms. The minimum Gasteiger partial charge on any atom is -0.481 e. The van der Waals surface area contributed by atoms with E-state index >= 15 is 0 Å². The molecule has 22 heavy (non-hydrogen) atoms. The van der Waals surface area contributed by atoms with Crippen molar-refractivity contribution < 1.29 is 14.7 Å². The summed E-state index contributed by atoms with van der Waals surface area (Å²) in [6, 6.07) is 1.47. The summed E-state index contributed by atoms with van der Waals surface area (Å²) in [4.78, 5) is 22.9. The van der Waals surface area contributed by atoms with Gasteiger partial charge in [0.1, 0.15) is 0 Å². The number of carbonyl (C=O) groups excluding carboxylic acids is 1. The lowest BCUT2D eigenvalue weighted by atomic mass is 9.96. The Hall–Kier alpha value is -0.970. The lowest BCUT2D eigenvalue weighted by molar-refractivity contribution is -0.141. The van der Waals surface area contributed by atoms with Gasteiger partial charge in [0, 0.05) is 11.4 Å². The number of carboxylic acid groups (broad SMARTS) is 1. The molecule has 1 aromatic carbocycles. The highest BCUT2D eigenvalue weighted by Crippen LogP contribution is 2.39. The number of nitrogens with one attached hydrogen (secondary N) is 1. The maximum atomic E-state index is 11.7. The fraction of sp³-hybridized carbons (Fsp3) is 0.467. The van der Waals surface area contributed by atoms with Crippen LogP contribution in [0.25, 0.3) is 0 Å². The second-order valence-corrected chi connectivity index (χ2v) is 6.15. The third kappa shape index (κ3) is 4.77. The SMILES string of the molecule is CCCC(=O)Nc1c(Cl)cc(Cl)c(CC(CC)C(=O)O)c1Cl. The van der Waals surface area contributed by atoms with Crippen molar-refractivity contribution in [2.45, 2.75) is 39.5 Å². The van der Waals surface area contributed by atoms with Crippen molar-refractivity contribution in [1.82, 2.24) is 0 Å². The average molecular weight is 367 g/mol. The molecule has 0 radical (unpaired) electrons. The number of amides is 1. The van der Waals surface area contributed by atoms with Crippen LogP contribution >= 0.6 is 34.8 Å². The number of carbonyl (C=O) groups is 2. The molecule has 1 rings (SSSR count). The molecular weight excluding hydrogens is 349 g/mol. The maximum Gasteiger partial charge on any atom is 0.306 e. The van der Waals surface area contributed by atoms with Crippen LogP contribution < -0.4 is 5.32 Å². The molecule has 0 fully saturated rings.